The second-order valence-electron chi connectivity index (χ2n) is 5.75. The molecule has 0 aromatic heterocycles. The van der Waals surface area contributed by atoms with Crippen LogP contribution in [0.1, 0.15) is 28.9 Å². The molecule has 24 heavy (non-hydrogen) atoms. The number of fused-ring (bicyclic) bond motifs is 1. The number of benzene rings is 3. The molecule has 2 atom stereocenters. The average molecular weight is 337 g/mol. The molecule has 3 aromatic rings. The van der Waals surface area contributed by atoms with Crippen LogP contribution in [0.4, 0.5) is 0 Å². The lowest BCUT2D eigenvalue weighted by molar-refractivity contribution is 0.0937. The first-order valence-corrected chi connectivity index (χ1v) is 9.34. The van der Waals surface area contributed by atoms with Crippen molar-refractivity contribution >= 4 is 27.5 Å². The Morgan fingerprint density at radius 1 is 0.958 bits per heavy atom. The van der Waals surface area contributed by atoms with E-state index in [9.17, 15) is 9.00 Å². The highest BCUT2D eigenvalue weighted by Crippen LogP contribution is 2.21. The van der Waals surface area contributed by atoms with E-state index in [2.05, 4.69) is 29.6 Å². The van der Waals surface area contributed by atoms with Crippen LogP contribution < -0.4 is 5.32 Å². The molecule has 0 saturated carbocycles. The molecule has 3 aromatic carbocycles. The van der Waals surface area contributed by atoms with Crippen LogP contribution in [0.25, 0.3) is 10.8 Å². The molecule has 0 spiro atoms. The Morgan fingerprint density at radius 3 is 2.38 bits per heavy atom. The van der Waals surface area contributed by atoms with Crippen LogP contribution in [0.15, 0.2) is 71.6 Å². The smallest absolute Gasteiger partial charge is 0.252 e. The van der Waals surface area contributed by atoms with E-state index in [0.717, 1.165) is 10.9 Å². The van der Waals surface area contributed by atoms with E-state index < -0.39 is 10.8 Å². The molecule has 1 amide bonds. The van der Waals surface area contributed by atoms with Crippen molar-refractivity contribution in [2.45, 2.75) is 17.9 Å². The zero-order chi connectivity index (χ0) is 17.1. The summed E-state index contributed by atoms with van der Waals surface area (Å²) in [6, 6.07) is 21.2. The zero-order valence-corrected chi connectivity index (χ0v) is 14.5. The van der Waals surface area contributed by atoms with Crippen LogP contribution in [0.5, 0.6) is 0 Å². The third-order valence-corrected chi connectivity index (χ3v) is 5.04. The molecule has 122 valence electrons. The molecule has 4 heteroatoms. The number of hydrogen-bond acceptors (Lipinski definition) is 2. The quantitative estimate of drug-likeness (QED) is 0.780. The van der Waals surface area contributed by atoms with E-state index in [0.29, 0.717) is 10.5 Å². The minimum absolute atomic E-state index is 0.138. The van der Waals surface area contributed by atoms with Crippen LogP contribution in [0.2, 0.25) is 0 Å². The Balaban J connectivity index is 1.84. The second-order valence-corrected chi connectivity index (χ2v) is 7.10. The van der Waals surface area contributed by atoms with Gasteiger partial charge in [0.05, 0.1) is 27.3 Å². The zero-order valence-electron chi connectivity index (χ0n) is 13.7. The van der Waals surface area contributed by atoms with Crippen LogP contribution >= 0.6 is 0 Å². The third-order valence-electron chi connectivity index (χ3n) is 4.06. The Kier molecular flexibility index (Phi) is 4.76. The summed E-state index contributed by atoms with van der Waals surface area (Å²) in [5.41, 5.74) is 1.50. The number of hydrogen-bond donors (Lipinski definition) is 1. The van der Waals surface area contributed by atoms with Crippen molar-refractivity contribution < 1.29 is 9.00 Å². The van der Waals surface area contributed by atoms with E-state index in [-0.39, 0.29) is 11.9 Å². The first-order chi connectivity index (χ1) is 11.6. The van der Waals surface area contributed by atoms with Gasteiger partial charge in [0, 0.05) is 6.26 Å². The molecule has 3 rings (SSSR count). The van der Waals surface area contributed by atoms with Gasteiger partial charge in [0.25, 0.3) is 5.91 Å². The minimum Gasteiger partial charge on any atom is -0.345 e. The van der Waals surface area contributed by atoms with Gasteiger partial charge >= 0.3 is 0 Å². The fourth-order valence-electron chi connectivity index (χ4n) is 2.74. The van der Waals surface area contributed by atoms with Gasteiger partial charge in [-0.05, 0) is 41.5 Å². The van der Waals surface area contributed by atoms with Gasteiger partial charge in [-0.1, -0.05) is 48.5 Å². The molecule has 1 N–H and O–H groups in total. The lowest BCUT2D eigenvalue weighted by atomic mass is 10.0. The van der Waals surface area contributed by atoms with Crippen molar-refractivity contribution in [3.05, 3.63) is 77.9 Å². The molecular formula is C20H19NO2S. The lowest BCUT2D eigenvalue weighted by Crippen LogP contribution is -2.27. The molecule has 0 radical (unpaired) electrons. The van der Waals surface area contributed by atoms with Crippen LogP contribution in [0.3, 0.4) is 0 Å². The van der Waals surface area contributed by atoms with Gasteiger partial charge in [-0.2, -0.15) is 0 Å². The topological polar surface area (TPSA) is 46.2 Å². The van der Waals surface area contributed by atoms with Crippen molar-refractivity contribution in [1.82, 2.24) is 5.32 Å². The van der Waals surface area contributed by atoms with Gasteiger partial charge in [-0.3, -0.25) is 9.00 Å². The molecular weight excluding hydrogens is 318 g/mol. The van der Waals surface area contributed by atoms with Gasteiger partial charge in [-0.15, -0.1) is 0 Å². The summed E-state index contributed by atoms with van der Waals surface area (Å²) >= 11 is 0. The fraction of sp³-hybridized carbons (Fsp3) is 0.150. The largest absolute Gasteiger partial charge is 0.345 e. The highest BCUT2D eigenvalue weighted by molar-refractivity contribution is 7.84. The summed E-state index contributed by atoms with van der Waals surface area (Å²) in [6.07, 6.45) is 1.58. The first kappa shape index (κ1) is 16.4. The summed E-state index contributed by atoms with van der Waals surface area (Å²) < 4.78 is 11.8. The Bertz CT molecular complexity index is 920. The molecule has 0 aliphatic carbocycles. The molecule has 0 saturated heterocycles. The van der Waals surface area contributed by atoms with Crippen molar-refractivity contribution in [1.29, 1.82) is 0 Å². The van der Waals surface area contributed by atoms with E-state index in [1.807, 2.05) is 25.1 Å². The summed E-state index contributed by atoms with van der Waals surface area (Å²) in [5.74, 6) is -0.207. The summed E-state index contributed by atoms with van der Waals surface area (Å²) in [4.78, 5) is 13.1. The average Bonchev–Trinajstić information content (AvgIpc) is 2.61. The fourth-order valence-corrected chi connectivity index (χ4v) is 3.48. The Hall–Kier alpha value is -2.46. The van der Waals surface area contributed by atoms with E-state index in [4.69, 9.17) is 0 Å². The molecule has 0 unspecified atom stereocenters. The summed E-state index contributed by atoms with van der Waals surface area (Å²) in [6.45, 7) is 1.95. The van der Waals surface area contributed by atoms with Crippen molar-refractivity contribution in [3.8, 4) is 0 Å². The standard InChI is InChI=1S/C20H19NO2S/c1-14(16-12-11-15-7-3-4-8-17(15)13-16)21-20(22)18-9-5-6-10-19(18)24(2)23/h3-14H,1-2H3,(H,21,22)/t14-,24+/m0/s1. The molecule has 0 heterocycles. The van der Waals surface area contributed by atoms with Crippen LogP contribution in [-0.2, 0) is 10.8 Å². The van der Waals surface area contributed by atoms with Gasteiger partial charge in [0.1, 0.15) is 0 Å². The maximum Gasteiger partial charge on any atom is 0.252 e. The molecule has 3 nitrogen and oxygen atoms in total. The summed E-state index contributed by atoms with van der Waals surface area (Å²) in [5, 5.41) is 5.32. The van der Waals surface area contributed by atoms with Crippen molar-refractivity contribution in [2.75, 3.05) is 6.26 Å². The Labute approximate surface area is 144 Å². The predicted octanol–water partition coefficient (Wildman–Crippen LogP) is 4.07. The second kappa shape index (κ2) is 6.97. The maximum atomic E-state index is 12.6. The first-order valence-electron chi connectivity index (χ1n) is 7.78. The summed E-state index contributed by atoms with van der Waals surface area (Å²) in [7, 11) is -1.20. The van der Waals surface area contributed by atoms with Crippen molar-refractivity contribution in [3.63, 3.8) is 0 Å². The van der Waals surface area contributed by atoms with E-state index in [1.54, 1.807) is 30.5 Å². The van der Waals surface area contributed by atoms with Gasteiger partial charge in [-0.25, -0.2) is 0 Å². The number of carbonyl (C=O) groups excluding carboxylic acids is 1. The van der Waals surface area contributed by atoms with Gasteiger partial charge in [0.15, 0.2) is 0 Å². The molecule has 0 aliphatic rings. The number of nitrogens with one attached hydrogen (secondary N) is 1. The minimum atomic E-state index is -1.20. The SMILES string of the molecule is C[C@H](NC(=O)c1ccccc1[S@@](C)=O)c1ccc2ccccc2c1. The molecule has 0 fully saturated rings. The van der Waals surface area contributed by atoms with E-state index >= 15 is 0 Å². The predicted molar refractivity (Wildman–Crippen MR) is 98.6 cm³/mol. The Morgan fingerprint density at radius 2 is 1.62 bits per heavy atom. The normalized spacial score (nSPS) is 13.4. The monoisotopic (exact) mass is 337 g/mol. The van der Waals surface area contributed by atoms with Crippen LogP contribution in [-0.4, -0.2) is 16.4 Å². The van der Waals surface area contributed by atoms with Crippen molar-refractivity contribution in [2.24, 2.45) is 0 Å². The van der Waals surface area contributed by atoms with Crippen LogP contribution in [0, 0.1) is 0 Å². The van der Waals surface area contributed by atoms with Gasteiger partial charge in [0.2, 0.25) is 0 Å². The highest BCUT2D eigenvalue weighted by atomic mass is 32.2. The lowest BCUT2D eigenvalue weighted by Gasteiger charge is -2.16. The molecule has 0 bridgehead atoms. The van der Waals surface area contributed by atoms with Gasteiger partial charge < -0.3 is 5.32 Å². The highest BCUT2D eigenvalue weighted by Gasteiger charge is 2.16. The number of amides is 1. The maximum absolute atomic E-state index is 12.6. The van der Waals surface area contributed by atoms with E-state index in [1.165, 1.54) is 5.39 Å². The molecule has 0 aliphatic heterocycles. The third kappa shape index (κ3) is 3.39. The number of rotatable bonds is 4. The number of carbonyl (C=O) groups is 1.